The molecule has 286 valence electrons. The molecular weight excluding hydrogens is 745 g/mol. The summed E-state index contributed by atoms with van der Waals surface area (Å²) in [6, 6.07) is 23.4. The number of hydrogen-bond acceptors (Lipinski definition) is 7. The Kier molecular flexibility index (Phi) is 10.2. The van der Waals surface area contributed by atoms with Crippen LogP contribution in [0, 0.1) is 0 Å². The van der Waals surface area contributed by atoms with E-state index in [2.05, 4.69) is 0 Å². The third-order valence-corrected chi connectivity index (χ3v) is 12.0. The van der Waals surface area contributed by atoms with Crippen molar-refractivity contribution in [3.05, 3.63) is 142 Å². The Hall–Kier alpha value is -5.41. The number of aliphatic carboxylic acids is 2. The summed E-state index contributed by atoms with van der Waals surface area (Å²) in [4.78, 5) is 24.1. The molecule has 6 rings (SSSR count). The molecule has 0 saturated carbocycles. The number of benzene rings is 4. The fraction of sp³-hybridized carbons (Fsp3) is 0.244. The van der Waals surface area contributed by atoms with Gasteiger partial charge in [0.2, 0.25) is 5.69 Å². The van der Waals surface area contributed by atoms with Crippen molar-refractivity contribution in [2.75, 3.05) is 4.90 Å². The number of fused-ring (bicyclic) bond motifs is 2. The van der Waals surface area contributed by atoms with E-state index in [1.807, 2.05) is 79.7 Å². The third-order valence-electron chi connectivity index (χ3n) is 10.3. The number of carboxylic acid groups (broad SMARTS) is 2. The lowest BCUT2D eigenvalue weighted by Crippen LogP contribution is -2.28. The highest BCUT2D eigenvalue weighted by Gasteiger charge is 2.45. The quantitative estimate of drug-likeness (QED) is 0.0913. The third kappa shape index (κ3) is 8.03. The molecule has 4 N–H and O–H groups in total. The lowest BCUT2D eigenvalue weighted by Gasteiger charge is -2.27. The van der Waals surface area contributed by atoms with Crippen molar-refractivity contribution in [1.82, 2.24) is 0 Å². The fourth-order valence-electron chi connectivity index (χ4n) is 7.44. The molecule has 0 aromatic heterocycles. The van der Waals surface area contributed by atoms with Crippen LogP contribution in [-0.4, -0.2) is 58.4 Å². The van der Waals surface area contributed by atoms with Gasteiger partial charge in [-0.25, -0.2) is 0 Å². The van der Waals surface area contributed by atoms with Crippen molar-refractivity contribution in [3.63, 3.8) is 0 Å². The number of carboxylic acids is 2. The maximum atomic E-state index is 12.2. The molecule has 12 nitrogen and oxygen atoms in total. The first-order valence-electron chi connectivity index (χ1n) is 17.3. The van der Waals surface area contributed by atoms with Gasteiger partial charge in [0.1, 0.15) is 0 Å². The smallest absolute Gasteiger partial charge is 0.307 e. The van der Waals surface area contributed by atoms with Gasteiger partial charge < -0.3 is 15.1 Å². The van der Waals surface area contributed by atoms with Crippen LogP contribution >= 0.6 is 0 Å². The number of anilines is 1. The summed E-state index contributed by atoms with van der Waals surface area (Å²) in [6.07, 6.45) is 5.51. The summed E-state index contributed by atoms with van der Waals surface area (Å²) in [6.45, 7) is 8.54. The van der Waals surface area contributed by atoms with E-state index in [4.69, 9.17) is 0 Å². The van der Waals surface area contributed by atoms with Gasteiger partial charge in [-0.2, -0.15) is 21.4 Å². The van der Waals surface area contributed by atoms with Gasteiger partial charge in [0, 0.05) is 46.6 Å². The van der Waals surface area contributed by atoms with Gasteiger partial charge in [0.25, 0.3) is 20.2 Å². The molecule has 14 heteroatoms. The number of carbonyl (C=O) groups is 2. The number of allylic oxidation sites excluding steroid dienone is 4. The first-order valence-corrected chi connectivity index (χ1v) is 20.2. The maximum Gasteiger partial charge on any atom is 0.307 e. The van der Waals surface area contributed by atoms with Crippen LogP contribution in [0.4, 0.5) is 11.4 Å². The lowest BCUT2D eigenvalue weighted by molar-refractivity contribution is -0.455. The number of hydrogen-bond donors (Lipinski definition) is 4. The van der Waals surface area contributed by atoms with Crippen LogP contribution in [0.25, 0.3) is 0 Å². The van der Waals surface area contributed by atoms with Gasteiger partial charge in [-0.15, -0.1) is 0 Å². The Morgan fingerprint density at radius 1 is 0.673 bits per heavy atom. The molecule has 55 heavy (non-hydrogen) atoms. The first-order chi connectivity index (χ1) is 25.7. The molecule has 0 atom stereocenters. The van der Waals surface area contributed by atoms with E-state index in [1.165, 1.54) is 24.3 Å². The second kappa shape index (κ2) is 14.3. The fourth-order valence-corrected chi connectivity index (χ4v) is 8.45. The summed E-state index contributed by atoms with van der Waals surface area (Å²) in [5.41, 5.74) is 6.01. The molecule has 0 unspecified atom stereocenters. The SMILES string of the molecule is CC1(C)C(/C=C/C=C2/N(Cc3ccc(CC(=O)O)cc3)c3ccc(S(=O)(=O)O)cc3C2(C)C)=[N+](Cc2ccc(CC(=O)O)cc2)c2ccc(S(=O)(=O)O)cc21. The van der Waals surface area contributed by atoms with E-state index >= 15 is 0 Å². The van der Waals surface area contributed by atoms with E-state index in [1.54, 1.807) is 36.4 Å². The second-order valence-corrected chi connectivity index (χ2v) is 17.6. The molecule has 2 heterocycles. The minimum absolute atomic E-state index is 0.114. The van der Waals surface area contributed by atoms with Crippen LogP contribution in [0.15, 0.2) is 119 Å². The molecule has 4 aromatic carbocycles. The normalized spacial score (nSPS) is 16.8. The molecule has 0 aliphatic carbocycles. The summed E-state index contributed by atoms with van der Waals surface area (Å²) in [5.74, 6) is -1.88. The van der Waals surface area contributed by atoms with Gasteiger partial charge in [-0.05, 0) is 72.5 Å². The molecule has 0 fully saturated rings. The van der Waals surface area contributed by atoms with Gasteiger partial charge in [-0.3, -0.25) is 18.7 Å². The molecule has 4 aromatic rings. The second-order valence-electron chi connectivity index (χ2n) is 14.8. The Morgan fingerprint density at radius 2 is 1.16 bits per heavy atom. The predicted molar refractivity (Wildman–Crippen MR) is 206 cm³/mol. The van der Waals surface area contributed by atoms with Gasteiger partial charge in [0.15, 0.2) is 12.3 Å². The van der Waals surface area contributed by atoms with Crippen molar-refractivity contribution in [2.24, 2.45) is 0 Å². The van der Waals surface area contributed by atoms with Crippen molar-refractivity contribution < 1.29 is 50.3 Å². The van der Waals surface area contributed by atoms with Crippen LogP contribution in [0.2, 0.25) is 0 Å². The first kappa shape index (κ1) is 39.3. The van der Waals surface area contributed by atoms with E-state index < -0.39 is 43.0 Å². The van der Waals surface area contributed by atoms with Crippen LogP contribution in [0.3, 0.4) is 0 Å². The molecule has 0 spiro atoms. The monoisotopic (exact) mass is 785 g/mol. The molecule has 0 bridgehead atoms. The summed E-state index contributed by atoms with van der Waals surface area (Å²) < 4.78 is 70.5. The molecule has 2 aliphatic rings. The molecule has 0 radical (unpaired) electrons. The average Bonchev–Trinajstić information content (AvgIpc) is 3.43. The van der Waals surface area contributed by atoms with E-state index in [0.29, 0.717) is 35.3 Å². The van der Waals surface area contributed by atoms with Crippen molar-refractivity contribution in [3.8, 4) is 0 Å². The van der Waals surface area contributed by atoms with Gasteiger partial charge >= 0.3 is 11.9 Å². The molecular formula is C41H41N2O10S2+. The minimum atomic E-state index is -4.49. The average molecular weight is 786 g/mol. The standard InChI is InChI=1S/C41H40N2O10S2/c1-40(2)32-22-30(54(48,49)50)16-18-34(32)42(24-28-12-8-26(9-13-28)20-38(44)45)36(40)6-5-7-37-41(3,4)33-23-31(55(51,52)53)17-19-35(33)43(37)25-29-14-10-27(11-15-29)21-39(46)47/h5-19,22-23H,20-21,24-25H2,1-4H3,(H3-,44,45,46,47,48,49,50,51,52,53)/p+1. The zero-order chi connectivity index (χ0) is 40.1. The zero-order valence-electron chi connectivity index (χ0n) is 30.6. The van der Waals surface area contributed by atoms with Crippen molar-refractivity contribution >= 4 is 49.3 Å². The number of rotatable bonds is 12. The van der Waals surface area contributed by atoms with Crippen LogP contribution in [-0.2, 0) is 66.6 Å². The van der Waals surface area contributed by atoms with Crippen molar-refractivity contribution in [1.29, 1.82) is 0 Å². The Labute approximate surface area is 319 Å². The lowest BCUT2D eigenvalue weighted by atomic mass is 9.81. The summed E-state index contributed by atoms with van der Waals surface area (Å²) >= 11 is 0. The molecule has 0 amide bonds. The highest BCUT2D eigenvalue weighted by Crippen LogP contribution is 2.49. The molecule has 0 saturated heterocycles. The topological polar surface area (TPSA) is 190 Å². The largest absolute Gasteiger partial charge is 0.481 e. The Morgan fingerprint density at radius 3 is 1.69 bits per heavy atom. The highest BCUT2D eigenvalue weighted by molar-refractivity contribution is 7.86. The highest BCUT2D eigenvalue weighted by atomic mass is 32.2. The zero-order valence-corrected chi connectivity index (χ0v) is 32.2. The maximum absolute atomic E-state index is 12.2. The predicted octanol–water partition coefficient (Wildman–Crippen LogP) is 6.45. The van der Waals surface area contributed by atoms with E-state index in [0.717, 1.165) is 33.9 Å². The van der Waals surface area contributed by atoms with Crippen LogP contribution < -0.4 is 4.90 Å². The summed E-state index contributed by atoms with van der Waals surface area (Å²) in [5, 5.41) is 18.4. The number of nitrogens with zero attached hydrogens (tertiary/aromatic N) is 2. The van der Waals surface area contributed by atoms with Crippen molar-refractivity contribution in [2.45, 2.75) is 74.2 Å². The van der Waals surface area contributed by atoms with E-state index in [-0.39, 0.29) is 22.6 Å². The van der Waals surface area contributed by atoms with Gasteiger partial charge in [-0.1, -0.05) is 68.5 Å². The summed E-state index contributed by atoms with van der Waals surface area (Å²) in [7, 11) is -8.98. The van der Waals surface area contributed by atoms with Crippen LogP contribution in [0.5, 0.6) is 0 Å². The Bertz CT molecular complexity index is 2530. The van der Waals surface area contributed by atoms with Crippen LogP contribution in [0.1, 0.15) is 61.1 Å². The van der Waals surface area contributed by atoms with E-state index in [9.17, 15) is 45.7 Å². The Balaban J connectivity index is 1.45. The van der Waals surface area contributed by atoms with Gasteiger partial charge in [0.05, 0.1) is 28.0 Å². The molecule has 2 aliphatic heterocycles. The minimum Gasteiger partial charge on any atom is -0.481 e.